The summed E-state index contributed by atoms with van der Waals surface area (Å²) in [7, 11) is 8.17. The van der Waals surface area contributed by atoms with Gasteiger partial charge in [0, 0.05) is 47.4 Å². The second kappa shape index (κ2) is 13.3. The minimum Gasteiger partial charge on any atom is -0.390 e. The second-order valence-corrected chi connectivity index (χ2v) is 9.01. The zero-order valence-corrected chi connectivity index (χ0v) is 21.6. The maximum absolute atomic E-state index is 10.8. The number of aliphatic hydroxyl groups is 1. The van der Waals surface area contributed by atoms with E-state index in [9.17, 15) is 5.11 Å². The lowest BCUT2D eigenvalue weighted by Gasteiger charge is -2.44. The molecule has 8 nitrogen and oxygen atoms in total. The van der Waals surface area contributed by atoms with Crippen LogP contribution >= 0.6 is 0 Å². The zero-order valence-electron chi connectivity index (χ0n) is 21.6. The maximum Gasteiger partial charge on any atom is 0.186 e. The first kappa shape index (κ1) is 28.4. The van der Waals surface area contributed by atoms with Gasteiger partial charge in [-0.05, 0) is 18.9 Å². The zero-order chi connectivity index (χ0) is 24.7. The number of hydrogen-bond donors (Lipinski definition) is 1. The molecule has 2 heterocycles. The first-order chi connectivity index (χ1) is 15.8. The maximum atomic E-state index is 10.8. The molecule has 2 fully saturated rings. The van der Waals surface area contributed by atoms with Crippen molar-refractivity contribution in [1.29, 1.82) is 0 Å². The molecule has 33 heavy (non-hydrogen) atoms. The van der Waals surface area contributed by atoms with Gasteiger partial charge in [-0.3, -0.25) is 0 Å². The fourth-order valence-electron chi connectivity index (χ4n) is 4.83. The highest BCUT2D eigenvalue weighted by Crippen LogP contribution is 2.37. The summed E-state index contributed by atoms with van der Waals surface area (Å²) in [4.78, 5) is 0. The molecule has 11 unspecified atom stereocenters. The van der Waals surface area contributed by atoms with Crippen LogP contribution in [0.3, 0.4) is 0 Å². The van der Waals surface area contributed by atoms with Crippen LogP contribution in [-0.4, -0.2) is 95.8 Å². The lowest BCUT2D eigenvalue weighted by molar-refractivity contribution is -0.295. The highest BCUT2D eigenvalue weighted by molar-refractivity contribution is 5.19. The van der Waals surface area contributed by atoms with Crippen LogP contribution in [0.15, 0.2) is 23.8 Å². The molecule has 0 radical (unpaired) electrons. The van der Waals surface area contributed by atoms with E-state index in [1.54, 1.807) is 35.5 Å². The van der Waals surface area contributed by atoms with Gasteiger partial charge in [-0.1, -0.05) is 39.0 Å². The molecule has 1 N–H and O–H groups in total. The molecule has 2 aliphatic rings. The summed E-state index contributed by atoms with van der Waals surface area (Å²) in [6.45, 7) is 8.18. The van der Waals surface area contributed by atoms with Gasteiger partial charge in [-0.2, -0.15) is 0 Å². The van der Waals surface area contributed by atoms with Crippen molar-refractivity contribution in [2.24, 2.45) is 11.8 Å². The Morgan fingerprint density at radius 1 is 0.909 bits per heavy atom. The quantitative estimate of drug-likeness (QED) is 0.323. The second-order valence-electron chi connectivity index (χ2n) is 9.01. The van der Waals surface area contributed by atoms with Crippen molar-refractivity contribution >= 4 is 0 Å². The van der Waals surface area contributed by atoms with Crippen LogP contribution < -0.4 is 0 Å². The summed E-state index contributed by atoms with van der Waals surface area (Å²) in [6, 6.07) is 0. The van der Waals surface area contributed by atoms with E-state index in [4.69, 9.17) is 33.2 Å². The van der Waals surface area contributed by atoms with Crippen molar-refractivity contribution in [1.82, 2.24) is 0 Å². The Bertz CT molecular complexity index is 634. The third-order valence-electron chi connectivity index (χ3n) is 7.01. The normalized spacial score (nSPS) is 36.5. The third-order valence-corrected chi connectivity index (χ3v) is 7.01. The van der Waals surface area contributed by atoms with Crippen LogP contribution in [0.1, 0.15) is 34.1 Å². The summed E-state index contributed by atoms with van der Waals surface area (Å²) < 4.78 is 39.9. The SMILES string of the molecule is CCC(OC)C(C)C1OC1C(O)C(C)C=CC=C(C)C1OC(OC)C(OC)C(OC)C1OC. The number of epoxide rings is 1. The highest BCUT2D eigenvalue weighted by atomic mass is 16.7. The minimum atomic E-state index is -0.576. The Labute approximate surface area is 199 Å². The van der Waals surface area contributed by atoms with Crippen LogP contribution in [0.2, 0.25) is 0 Å². The number of allylic oxidation sites excluding steroid dienone is 2. The van der Waals surface area contributed by atoms with E-state index in [0.29, 0.717) is 0 Å². The summed E-state index contributed by atoms with van der Waals surface area (Å²) in [5, 5.41) is 10.8. The molecule has 192 valence electrons. The number of hydrogen-bond acceptors (Lipinski definition) is 8. The topological polar surface area (TPSA) is 88.1 Å². The van der Waals surface area contributed by atoms with E-state index in [1.165, 1.54) is 0 Å². The van der Waals surface area contributed by atoms with Crippen molar-refractivity contribution in [3.63, 3.8) is 0 Å². The molecule has 11 atom stereocenters. The molecule has 0 spiro atoms. The van der Waals surface area contributed by atoms with Crippen LogP contribution in [-0.2, 0) is 33.2 Å². The molecule has 0 aromatic rings. The van der Waals surface area contributed by atoms with Gasteiger partial charge in [0.05, 0.1) is 18.3 Å². The highest BCUT2D eigenvalue weighted by Gasteiger charge is 2.50. The first-order valence-electron chi connectivity index (χ1n) is 11.8. The fraction of sp³-hybridized carbons (Fsp3) is 0.840. The van der Waals surface area contributed by atoms with Crippen LogP contribution in [0.25, 0.3) is 0 Å². The Morgan fingerprint density at radius 3 is 2.06 bits per heavy atom. The Kier molecular flexibility index (Phi) is 11.4. The van der Waals surface area contributed by atoms with E-state index in [1.807, 2.05) is 32.1 Å². The molecular weight excluding hydrogens is 428 g/mol. The van der Waals surface area contributed by atoms with Crippen molar-refractivity contribution in [3.05, 3.63) is 23.8 Å². The summed E-state index contributed by atoms with van der Waals surface area (Å²) in [5.41, 5.74) is 0.957. The largest absolute Gasteiger partial charge is 0.390 e. The summed E-state index contributed by atoms with van der Waals surface area (Å²) in [6.07, 6.45) is 4.20. The minimum absolute atomic E-state index is 0.0295. The number of ether oxygens (including phenoxy) is 7. The van der Waals surface area contributed by atoms with Gasteiger partial charge in [0.2, 0.25) is 0 Å². The smallest absolute Gasteiger partial charge is 0.186 e. The predicted molar refractivity (Wildman–Crippen MR) is 125 cm³/mol. The molecule has 0 bridgehead atoms. The van der Waals surface area contributed by atoms with E-state index >= 15 is 0 Å². The molecule has 2 rings (SSSR count). The van der Waals surface area contributed by atoms with E-state index in [0.717, 1.165) is 12.0 Å². The fourth-order valence-corrected chi connectivity index (χ4v) is 4.83. The van der Waals surface area contributed by atoms with E-state index in [2.05, 4.69) is 13.8 Å². The van der Waals surface area contributed by atoms with Crippen molar-refractivity contribution in [2.75, 3.05) is 35.5 Å². The first-order valence-corrected chi connectivity index (χ1v) is 11.8. The lowest BCUT2D eigenvalue weighted by Crippen LogP contribution is -2.60. The van der Waals surface area contributed by atoms with Crippen LogP contribution in [0, 0.1) is 11.8 Å². The molecule has 0 aliphatic carbocycles. The number of rotatable bonds is 13. The predicted octanol–water partition coefficient (Wildman–Crippen LogP) is 2.73. The van der Waals surface area contributed by atoms with Gasteiger partial charge in [-0.25, -0.2) is 0 Å². The van der Waals surface area contributed by atoms with Gasteiger partial charge in [0.1, 0.15) is 30.5 Å². The van der Waals surface area contributed by atoms with Gasteiger partial charge < -0.3 is 38.3 Å². The van der Waals surface area contributed by atoms with E-state index in [-0.39, 0.29) is 48.5 Å². The van der Waals surface area contributed by atoms with Gasteiger partial charge in [-0.15, -0.1) is 0 Å². The number of aliphatic hydroxyl groups excluding tert-OH is 1. The van der Waals surface area contributed by atoms with Gasteiger partial charge in [0.15, 0.2) is 6.29 Å². The van der Waals surface area contributed by atoms with Gasteiger partial charge >= 0.3 is 0 Å². The molecule has 0 aromatic carbocycles. The molecule has 2 saturated heterocycles. The molecular formula is C25H44O8. The molecule has 2 aliphatic heterocycles. The molecule has 8 heteroatoms. The van der Waals surface area contributed by atoms with Crippen molar-refractivity contribution in [3.8, 4) is 0 Å². The Hall–Kier alpha value is -0.840. The number of methoxy groups -OCH3 is 5. The van der Waals surface area contributed by atoms with Crippen LogP contribution in [0.5, 0.6) is 0 Å². The van der Waals surface area contributed by atoms with Crippen molar-refractivity contribution < 1.29 is 38.3 Å². The molecule has 0 saturated carbocycles. The monoisotopic (exact) mass is 472 g/mol. The van der Waals surface area contributed by atoms with Gasteiger partial charge in [0.25, 0.3) is 0 Å². The van der Waals surface area contributed by atoms with Crippen LogP contribution in [0.4, 0.5) is 0 Å². The lowest BCUT2D eigenvalue weighted by atomic mass is 9.91. The summed E-state index contributed by atoms with van der Waals surface area (Å²) in [5.74, 6) is 0.173. The Morgan fingerprint density at radius 2 is 1.55 bits per heavy atom. The standard InChI is InChI=1S/C25H44O8/c1-10-17(27-5)16(4)20-21(32-20)18(26)14(2)12-11-13-15(3)19-22(28-6)23(29-7)24(30-8)25(31-9)33-19/h11-14,16-26H,10H2,1-9H3. The summed E-state index contributed by atoms with van der Waals surface area (Å²) >= 11 is 0. The average molecular weight is 473 g/mol. The molecule has 0 aromatic heterocycles. The Balaban J connectivity index is 2.02. The third kappa shape index (κ3) is 6.64. The molecule has 0 amide bonds. The van der Waals surface area contributed by atoms with E-state index < -0.39 is 18.5 Å². The van der Waals surface area contributed by atoms with Crippen molar-refractivity contribution in [2.45, 2.75) is 89.2 Å². The average Bonchev–Trinajstić information content (AvgIpc) is 3.63.